The molecule has 76 valence electrons. The summed E-state index contributed by atoms with van der Waals surface area (Å²) in [5, 5.41) is 3.70. The average molecular weight is 199 g/mol. The first-order chi connectivity index (χ1) is 6.68. The number of primary amides is 1. The highest BCUT2D eigenvalue weighted by Crippen LogP contribution is 1.80. The number of nitrogens with zero attached hydrogens (tertiary/aromatic N) is 3. The van der Waals surface area contributed by atoms with E-state index in [1.165, 1.54) is 17.3 Å². The molecule has 1 heterocycles. The normalized spacial score (nSPS) is 9.71. The van der Waals surface area contributed by atoms with Crippen LogP contribution in [-0.2, 0) is 21.0 Å². The van der Waals surface area contributed by atoms with Crippen LogP contribution in [0.5, 0.6) is 0 Å². The van der Waals surface area contributed by atoms with Crippen molar-refractivity contribution in [1.82, 2.24) is 20.2 Å². The topological polar surface area (TPSA) is 112 Å². The van der Waals surface area contributed by atoms with Crippen molar-refractivity contribution in [2.75, 3.05) is 6.61 Å². The molecule has 2 amide bonds. The van der Waals surface area contributed by atoms with Gasteiger partial charge in [0, 0.05) is 0 Å². The molecule has 0 aliphatic heterocycles. The number of hydrogen-bond donors (Lipinski definition) is 2. The van der Waals surface area contributed by atoms with Crippen molar-refractivity contribution >= 4 is 11.8 Å². The van der Waals surface area contributed by atoms with Gasteiger partial charge in [-0.3, -0.25) is 14.4 Å². The molecule has 0 aliphatic rings. The summed E-state index contributed by atoms with van der Waals surface area (Å²) in [6, 6.07) is 0. The lowest BCUT2D eigenvalue weighted by Gasteiger charge is -2.03. The van der Waals surface area contributed by atoms with Gasteiger partial charge in [-0.1, -0.05) is 0 Å². The van der Waals surface area contributed by atoms with E-state index in [1.807, 2.05) is 5.48 Å². The van der Waals surface area contributed by atoms with E-state index in [-0.39, 0.29) is 13.2 Å². The molecule has 14 heavy (non-hydrogen) atoms. The van der Waals surface area contributed by atoms with Gasteiger partial charge in [-0.25, -0.2) is 15.1 Å². The maximum Gasteiger partial charge on any atom is 0.265 e. The monoisotopic (exact) mass is 199 g/mol. The summed E-state index contributed by atoms with van der Waals surface area (Å²) in [6.07, 6.45) is 2.69. The molecule has 1 rings (SSSR count). The Morgan fingerprint density at radius 1 is 1.57 bits per heavy atom. The zero-order valence-electron chi connectivity index (χ0n) is 7.21. The number of aromatic nitrogens is 3. The molecule has 0 atom stereocenters. The summed E-state index contributed by atoms with van der Waals surface area (Å²) < 4.78 is 1.31. The van der Waals surface area contributed by atoms with Crippen LogP contribution in [0.25, 0.3) is 0 Å². The van der Waals surface area contributed by atoms with Crippen LogP contribution in [-0.4, -0.2) is 33.2 Å². The molecule has 1 aromatic heterocycles. The third-order valence-corrected chi connectivity index (χ3v) is 1.17. The van der Waals surface area contributed by atoms with Crippen LogP contribution < -0.4 is 11.2 Å². The molecule has 8 heteroatoms. The number of amides is 2. The molecule has 0 fully saturated rings. The van der Waals surface area contributed by atoms with Crippen molar-refractivity contribution in [3.05, 3.63) is 12.7 Å². The summed E-state index contributed by atoms with van der Waals surface area (Å²) in [4.78, 5) is 29.3. The van der Waals surface area contributed by atoms with Crippen LogP contribution in [0.1, 0.15) is 0 Å². The first-order valence-corrected chi connectivity index (χ1v) is 3.70. The van der Waals surface area contributed by atoms with Crippen molar-refractivity contribution in [1.29, 1.82) is 0 Å². The quantitative estimate of drug-likeness (QED) is 0.523. The highest BCUT2D eigenvalue weighted by molar-refractivity contribution is 5.76. The average Bonchev–Trinajstić information content (AvgIpc) is 2.56. The summed E-state index contributed by atoms with van der Waals surface area (Å²) in [7, 11) is 0. The Morgan fingerprint density at radius 3 is 2.93 bits per heavy atom. The van der Waals surface area contributed by atoms with E-state index in [1.54, 1.807) is 0 Å². The molecule has 0 aliphatic carbocycles. The van der Waals surface area contributed by atoms with Gasteiger partial charge >= 0.3 is 0 Å². The van der Waals surface area contributed by atoms with E-state index < -0.39 is 11.8 Å². The van der Waals surface area contributed by atoms with Gasteiger partial charge < -0.3 is 5.73 Å². The van der Waals surface area contributed by atoms with Gasteiger partial charge in [0.1, 0.15) is 19.2 Å². The van der Waals surface area contributed by atoms with Crippen molar-refractivity contribution in [2.45, 2.75) is 6.54 Å². The van der Waals surface area contributed by atoms with Gasteiger partial charge in [0.05, 0.1) is 0 Å². The molecular formula is C6H9N5O3. The molecule has 3 N–H and O–H groups in total. The Hall–Kier alpha value is -1.96. The number of hydrogen-bond acceptors (Lipinski definition) is 5. The molecule has 1 aromatic rings. The number of hydroxylamine groups is 1. The minimum absolute atomic E-state index is 0.0290. The highest BCUT2D eigenvalue weighted by Gasteiger charge is 2.03. The lowest BCUT2D eigenvalue weighted by atomic mass is 10.6. The van der Waals surface area contributed by atoms with Crippen LogP contribution in [0.2, 0.25) is 0 Å². The van der Waals surface area contributed by atoms with E-state index in [0.29, 0.717) is 0 Å². The van der Waals surface area contributed by atoms with Gasteiger partial charge in [0.25, 0.3) is 5.91 Å². The third-order valence-electron chi connectivity index (χ3n) is 1.17. The van der Waals surface area contributed by atoms with Gasteiger partial charge in [-0.05, 0) is 0 Å². The summed E-state index contributed by atoms with van der Waals surface area (Å²) in [6.45, 7) is -0.387. The summed E-state index contributed by atoms with van der Waals surface area (Å²) >= 11 is 0. The molecule has 0 saturated carbocycles. The second-order valence-electron chi connectivity index (χ2n) is 2.37. The van der Waals surface area contributed by atoms with Gasteiger partial charge in [0.15, 0.2) is 6.61 Å². The van der Waals surface area contributed by atoms with Gasteiger partial charge in [-0.15, -0.1) is 0 Å². The van der Waals surface area contributed by atoms with Crippen molar-refractivity contribution in [3.63, 3.8) is 0 Å². The standard InChI is InChI=1S/C6H9N5O3/c7-5(12)2-14-10-6(13)1-11-4-8-3-9-11/h3-4H,1-2H2,(H2,7,12)(H,10,13). The lowest BCUT2D eigenvalue weighted by Crippen LogP contribution is -2.31. The Bertz CT molecular complexity index is 309. The molecule has 0 bridgehead atoms. The Morgan fingerprint density at radius 2 is 2.36 bits per heavy atom. The van der Waals surface area contributed by atoms with Gasteiger partial charge in [0.2, 0.25) is 5.91 Å². The van der Waals surface area contributed by atoms with Gasteiger partial charge in [-0.2, -0.15) is 5.10 Å². The smallest absolute Gasteiger partial charge is 0.265 e. The van der Waals surface area contributed by atoms with E-state index in [4.69, 9.17) is 5.73 Å². The van der Waals surface area contributed by atoms with Crippen LogP contribution in [0.4, 0.5) is 0 Å². The van der Waals surface area contributed by atoms with E-state index in [0.717, 1.165) is 0 Å². The second-order valence-corrected chi connectivity index (χ2v) is 2.37. The molecule has 0 radical (unpaired) electrons. The maximum absolute atomic E-state index is 11.0. The summed E-state index contributed by atoms with van der Waals surface area (Å²) in [5.41, 5.74) is 6.80. The van der Waals surface area contributed by atoms with E-state index in [2.05, 4.69) is 14.9 Å². The largest absolute Gasteiger partial charge is 0.368 e. The zero-order valence-corrected chi connectivity index (χ0v) is 7.21. The predicted octanol–water partition coefficient (Wildman–Crippen LogP) is -2.19. The molecule has 8 nitrogen and oxygen atoms in total. The number of carbonyl (C=O) groups excluding carboxylic acids is 2. The minimum atomic E-state index is -0.661. The molecule has 0 saturated heterocycles. The van der Waals surface area contributed by atoms with Crippen molar-refractivity contribution < 1.29 is 14.4 Å². The molecule has 0 aromatic carbocycles. The molecule has 0 spiro atoms. The molecular weight excluding hydrogens is 190 g/mol. The van der Waals surface area contributed by atoms with Crippen molar-refractivity contribution in [3.8, 4) is 0 Å². The van der Waals surface area contributed by atoms with Crippen LogP contribution >= 0.6 is 0 Å². The van der Waals surface area contributed by atoms with Crippen molar-refractivity contribution in [2.24, 2.45) is 5.73 Å². The Labute approximate surface area is 79.0 Å². The first kappa shape index (κ1) is 10.1. The Kier molecular flexibility index (Phi) is 3.56. The van der Waals surface area contributed by atoms with E-state index in [9.17, 15) is 9.59 Å². The first-order valence-electron chi connectivity index (χ1n) is 3.70. The highest BCUT2D eigenvalue weighted by atomic mass is 16.7. The second kappa shape index (κ2) is 4.92. The van der Waals surface area contributed by atoms with Crippen LogP contribution in [0.15, 0.2) is 12.7 Å². The number of nitrogens with two attached hydrogens (primary N) is 1. The predicted molar refractivity (Wildman–Crippen MR) is 43.3 cm³/mol. The lowest BCUT2D eigenvalue weighted by molar-refractivity contribution is -0.138. The molecule has 0 unspecified atom stereocenters. The fourth-order valence-corrected chi connectivity index (χ4v) is 0.681. The third kappa shape index (κ3) is 3.63. The maximum atomic E-state index is 11.0. The fraction of sp³-hybridized carbons (Fsp3) is 0.333. The van der Waals surface area contributed by atoms with E-state index >= 15 is 0 Å². The Balaban J connectivity index is 2.20. The number of nitrogens with one attached hydrogen (secondary N) is 1. The summed E-state index contributed by atoms with van der Waals surface area (Å²) in [5.74, 6) is -1.11. The minimum Gasteiger partial charge on any atom is -0.368 e. The zero-order chi connectivity index (χ0) is 10.4. The SMILES string of the molecule is NC(=O)CONC(=O)Cn1cncn1. The van der Waals surface area contributed by atoms with Crippen LogP contribution in [0.3, 0.4) is 0 Å². The fourth-order valence-electron chi connectivity index (χ4n) is 0.681. The number of carbonyl (C=O) groups is 2. The van der Waals surface area contributed by atoms with Crippen LogP contribution in [0, 0.1) is 0 Å². The number of rotatable bonds is 5.